The molecule has 2 aromatic rings. The number of ether oxygens (including phenoxy) is 1. The van der Waals surface area contributed by atoms with Crippen LogP contribution in [0.15, 0.2) is 23.2 Å². The molecule has 2 rings (SSSR count). The van der Waals surface area contributed by atoms with Gasteiger partial charge in [-0.3, -0.25) is 0 Å². The second-order valence-corrected chi connectivity index (χ2v) is 4.56. The SMILES string of the molecule is CNc1ncnc(NC(C)c2ccsc2)c1OC. The van der Waals surface area contributed by atoms with Crippen LogP contribution in [-0.2, 0) is 0 Å². The lowest BCUT2D eigenvalue weighted by molar-refractivity contribution is 0.414. The van der Waals surface area contributed by atoms with Crippen LogP contribution in [0.4, 0.5) is 11.6 Å². The van der Waals surface area contributed by atoms with Gasteiger partial charge in [-0.15, -0.1) is 0 Å². The molecule has 0 radical (unpaired) electrons. The largest absolute Gasteiger partial charge is 0.490 e. The summed E-state index contributed by atoms with van der Waals surface area (Å²) < 4.78 is 5.34. The van der Waals surface area contributed by atoms with Crippen molar-refractivity contribution >= 4 is 23.0 Å². The summed E-state index contributed by atoms with van der Waals surface area (Å²) in [5, 5.41) is 10.5. The van der Waals surface area contributed by atoms with E-state index < -0.39 is 0 Å². The third kappa shape index (κ3) is 2.53. The lowest BCUT2D eigenvalue weighted by Gasteiger charge is -2.16. The van der Waals surface area contributed by atoms with E-state index in [0.717, 1.165) is 0 Å². The molecule has 2 N–H and O–H groups in total. The number of nitrogens with zero attached hydrogens (tertiary/aromatic N) is 2. The molecule has 0 aliphatic heterocycles. The third-order valence-corrected chi connectivity index (χ3v) is 3.34. The fraction of sp³-hybridized carbons (Fsp3) is 0.333. The summed E-state index contributed by atoms with van der Waals surface area (Å²) in [5.74, 6) is 1.99. The van der Waals surface area contributed by atoms with E-state index in [0.29, 0.717) is 17.4 Å². The van der Waals surface area contributed by atoms with Gasteiger partial charge in [0.25, 0.3) is 0 Å². The summed E-state index contributed by atoms with van der Waals surface area (Å²) in [6.07, 6.45) is 1.51. The molecule has 0 aliphatic carbocycles. The van der Waals surface area contributed by atoms with Crippen molar-refractivity contribution in [1.29, 1.82) is 0 Å². The predicted molar refractivity (Wildman–Crippen MR) is 74.5 cm³/mol. The maximum atomic E-state index is 5.34. The number of rotatable bonds is 5. The molecular formula is C12H16N4OS. The summed E-state index contributed by atoms with van der Waals surface area (Å²) in [4.78, 5) is 8.34. The summed E-state index contributed by atoms with van der Waals surface area (Å²) in [5.41, 5.74) is 1.23. The molecule has 2 aromatic heterocycles. The summed E-state index contributed by atoms with van der Waals surface area (Å²) in [7, 11) is 3.41. The minimum Gasteiger partial charge on any atom is -0.490 e. The monoisotopic (exact) mass is 264 g/mol. The molecule has 0 bridgehead atoms. The Morgan fingerprint density at radius 2 is 2.11 bits per heavy atom. The Labute approximate surface area is 110 Å². The van der Waals surface area contributed by atoms with E-state index in [1.54, 1.807) is 25.5 Å². The van der Waals surface area contributed by atoms with Crippen molar-refractivity contribution in [3.8, 4) is 5.75 Å². The summed E-state index contributed by atoms with van der Waals surface area (Å²) >= 11 is 1.68. The Kier molecular flexibility index (Phi) is 3.99. The molecule has 0 fully saturated rings. The molecule has 0 aromatic carbocycles. The molecule has 2 heterocycles. The molecule has 0 amide bonds. The van der Waals surface area contributed by atoms with Gasteiger partial charge in [0.15, 0.2) is 11.6 Å². The number of anilines is 2. The van der Waals surface area contributed by atoms with Gasteiger partial charge >= 0.3 is 0 Å². The predicted octanol–water partition coefficient (Wildman–Crippen LogP) is 2.76. The normalized spacial score (nSPS) is 11.9. The number of hydrogen-bond acceptors (Lipinski definition) is 6. The van der Waals surface area contributed by atoms with Crippen molar-refractivity contribution in [3.63, 3.8) is 0 Å². The van der Waals surface area contributed by atoms with Crippen LogP contribution < -0.4 is 15.4 Å². The number of thiophene rings is 1. The first-order chi connectivity index (χ1) is 8.76. The molecule has 5 nitrogen and oxygen atoms in total. The Morgan fingerprint density at radius 1 is 1.33 bits per heavy atom. The van der Waals surface area contributed by atoms with E-state index in [1.165, 1.54) is 11.9 Å². The molecule has 1 atom stereocenters. The van der Waals surface area contributed by atoms with Gasteiger partial charge < -0.3 is 15.4 Å². The first-order valence-corrected chi connectivity index (χ1v) is 6.56. The number of methoxy groups -OCH3 is 1. The molecule has 0 spiro atoms. The first-order valence-electron chi connectivity index (χ1n) is 5.61. The zero-order valence-electron chi connectivity index (χ0n) is 10.6. The van der Waals surface area contributed by atoms with E-state index in [9.17, 15) is 0 Å². The van der Waals surface area contributed by atoms with E-state index in [4.69, 9.17) is 4.74 Å². The molecule has 0 saturated heterocycles. The Hall–Kier alpha value is -1.82. The molecule has 6 heteroatoms. The van der Waals surface area contributed by atoms with Crippen molar-refractivity contribution < 1.29 is 4.74 Å². The van der Waals surface area contributed by atoms with Gasteiger partial charge in [0, 0.05) is 7.05 Å². The molecule has 1 unspecified atom stereocenters. The number of hydrogen-bond donors (Lipinski definition) is 2. The lowest BCUT2D eigenvalue weighted by atomic mass is 10.2. The van der Waals surface area contributed by atoms with Gasteiger partial charge in [-0.2, -0.15) is 11.3 Å². The van der Waals surface area contributed by atoms with Crippen LogP contribution in [0.3, 0.4) is 0 Å². The minimum absolute atomic E-state index is 0.171. The van der Waals surface area contributed by atoms with Gasteiger partial charge in [-0.25, -0.2) is 9.97 Å². The fourth-order valence-electron chi connectivity index (χ4n) is 1.66. The summed E-state index contributed by atoms with van der Waals surface area (Å²) in [6, 6.07) is 2.26. The standard InChI is InChI=1S/C12H16N4OS/c1-8(9-4-5-18-6-9)16-12-10(17-3)11(13-2)14-7-15-12/h4-8H,1-3H3,(H2,13,14,15,16). The lowest BCUT2D eigenvalue weighted by Crippen LogP contribution is -2.10. The molecular weight excluding hydrogens is 248 g/mol. The van der Waals surface area contributed by atoms with Crippen LogP contribution in [-0.4, -0.2) is 24.1 Å². The minimum atomic E-state index is 0.171. The van der Waals surface area contributed by atoms with Crippen LogP contribution in [0.2, 0.25) is 0 Å². The number of nitrogens with one attached hydrogen (secondary N) is 2. The Bertz CT molecular complexity index is 501. The van der Waals surface area contributed by atoms with Crippen molar-refractivity contribution in [3.05, 3.63) is 28.7 Å². The topological polar surface area (TPSA) is 59.1 Å². The maximum Gasteiger partial charge on any atom is 0.204 e. The number of aromatic nitrogens is 2. The Morgan fingerprint density at radius 3 is 2.72 bits per heavy atom. The van der Waals surface area contributed by atoms with E-state index in [2.05, 4.69) is 44.4 Å². The van der Waals surface area contributed by atoms with E-state index in [-0.39, 0.29) is 6.04 Å². The second-order valence-electron chi connectivity index (χ2n) is 3.78. The van der Waals surface area contributed by atoms with Gasteiger partial charge in [0.05, 0.1) is 13.2 Å². The Balaban J connectivity index is 2.23. The molecule has 0 aliphatic rings. The second kappa shape index (κ2) is 5.68. The highest BCUT2D eigenvalue weighted by atomic mass is 32.1. The van der Waals surface area contributed by atoms with Crippen molar-refractivity contribution in [1.82, 2.24) is 9.97 Å². The van der Waals surface area contributed by atoms with Crippen molar-refractivity contribution in [2.75, 3.05) is 24.8 Å². The summed E-state index contributed by atoms with van der Waals surface area (Å²) in [6.45, 7) is 2.09. The van der Waals surface area contributed by atoms with Crippen molar-refractivity contribution in [2.45, 2.75) is 13.0 Å². The quantitative estimate of drug-likeness (QED) is 0.869. The average molecular weight is 264 g/mol. The average Bonchev–Trinajstić information content (AvgIpc) is 2.92. The van der Waals surface area contributed by atoms with Crippen LogP contribution in [0.1, 0.15) is 18.5 Å². The van der Waals surface area contributed by atoms with Gasteiger partial charge in [-0.1, -0.05) is 0 Å². The van der Waals surface area contributed by atoms with Gasteiger partial charge in [-0.05, 0) is 29.3 Å². The highest BCUT2D eigenvalue weighted by Gasteiger charge is 2.14. The zero-order chi connectivity index (χ0) is 13.0. The maximum absolute atomic E-state index is 5.34. The zero-order valence-corrected chi connectivity index (χ0v) is 11.4. The van der Waals surface area contributed by atoms with Crippen LogP contribution in [0.5, 0.6) is 5.75 Å². The molecule has 18 heavy (non-hydrogen) atoms. The van der Waals surface area contributed by atoms with E-state index >= 15 is 0 Å². The highest BCUT2D eigenvalue weighted by Crippen LogP contribution is 2.31. The van der Waals surface area contributed by atoms with Crippen LogP contribution >= 0.6 is 11.3 Å². The fourth-order valence-corrected chi connectivity index (χ4v) is 2.41. The molecule has 96 valence electrons. The third-order valence-electron chi connectivity index (χ3n) is 2.64. The van der Waals surface area contributed by atoms with Crippen LogP contribution in [0.25, 0.3) is 0 Å². The first kappa shape index (κ1) is 12.6. The van der Waals surface area contributed by atoms with Gasteiger partial charge in [0.1, 0.15) is 6.33 Å². The van der Waals surface area contributed by atoms with Crippen molar-refractivity contribution in [2.24, 2.45) is 0 Å². The van der Waals surface area contributed by atoms with Gasteiger partial charge in [0.2, 0.25) is 5.75 Å². The smallest absolute Gasteiger partial charge is 0.204 e. The van der Waals surface area contributed by atoms with Crippen LogP contribution in [0, 0.1) is 0 Å². The van der Waals surface area contributed by atoms with E-state index in [1.807, 2.05) is 0 Å². The molecule has 0 saturated carbocycles. The highest BCUT2D eigenvalue weighted by molar-refractivity contribution is 7.07.